The SMILES string of the molecule is Cc1cc(C(=O)Nc2cc(F)cc(F)c2)ccc1[N+](=O)[O-]. The first-order valence-corrected chi connectivity index (χ1v) is 5.89. The van der Waals surface area contributed by atoms with Crippen molar-refractivity contribution in [3.63, 3.8) is 0 Å². The predicted octanol–water partition coefficient (Wildman–Crippen LogP) is 3.43. The van der Waals surface area contributed by atoms with Crippen LogP contribution in [0.1, 0.15) is 15.9 Å². The number of hydrogen-bond donors (Lipinski definition) is 1. The molecule has 21 heavy (non-hydrogen) atoms. The summed E-state index contributed by atoms with van der Waals surface area (Å²) >= 11 is 0. The molecule has 108 valence electrons. The lowest BCUT2D eigenvalue weighted by Crippen LogP contribution is -2.12. The summed E-state index contributed by atoms with van der Waals surface area (Å²) in [6, 6.07) is 6.44. The number of nitro benzene ring substituents is 1. The summed E-state index contributed by atoms with van der Waals surface area (Å²) in [6.45, 7) is 1.50. The first-order chi connectivity index (χ1) is 9.86. The van der Waals surface area contributed by atoms with E-state index in [1.165, 1.54) is 25.1 Å². The van der Waals surface area contributed by atoms with Crippen molar-refractivity contribution in [2.75, 3.05) is 5.32 Å². The summed E-state index contributed by atoms with van der Waals surface area (Å²) in [7, 11) is 0. The number of amides is 1. The van der Waals surface area contributed by atoms with E-state index in [1.54, 1.807) is 0 Å². The molecule has 0 spiro atoms. The van der Waals surface area contributed by atoms with Gasteiger partial charge < -0.3 is 5.32 Å². The molecule has 7 heteroatoms. The molecule has 1 amide bonds. The van der Waals surface area contributed by atoms with Crippen LogP contribution in [-0.4, -0.2) is 10.8 Å². The number of nitro groups is 1. The van der Waals surface area contributed by atoms with Crippen molar-refractivity contribution in [1.82, 2.24) is 0 Å². The summed E-state index contributed by atoms with van der Waals surface area (Å²) < 4.78 is 26.0. The molecule has 0 radical (unpaired) electrons. The van der Waals surface area contributed by atoms with Crippen LogP contribution >= 0.6 is 0 Å². The average molecular weight is 292 g/mol. The van der Waals surface area contributed by atoms with Gasteiger partial charge in [0.2, 0.25) is 0 Å². The monoisotopic (exact) mass is 292 g/mol. The van der Waals surface area contributed by atoms with Gasteiger partial charge in [-0.25, -0.2) is 8.78 Å². The van der Waals surface area contributed by atoms with Crippen molar-refractivity contribution in [2.45, 2.75) is 6.92 Å². The highest BCUT2D eigenvalue weighted by Crippen LogP contribution is 2.20. The second-order valence-electron chi connectivity index (χ2n) is 4.37. The van der Waals surface area contributed by atoms with E-state index in [4.69, 9.17) is 0 Å². The third kappa shape index (κ3) is 3.38. The Morgan fingerprint density at radius 2 is 1.76 bits per heavy atom. The first-order valence-electron chi connectivity index (χ1n) is 5.89. The summed E-state index contributed by atoms with van der Waals surface area (Å²) in [5, 5.41) is 13.0. The second kappa shape index (κ2) is 5.66. The van der Waals surface area contributed by atoms with Crippen molar-refractivity contribution < 1.29 is 18.5 Å². The van der Waals surface area contributed by atoms with Gasteiger partial charge in [-0.05, 0) is 31.2 Å². The summed E-state index contributed by atoms with van der Waals surface area (Å²) in [5.74, 6) is -2.24. The number of carbonyl (C=O) groups is 1. The van der Waals surface area contributed by atoms with Crippen LogP contribution in [0, 0.1) is 28.7 Å². The number of aryl methyl sites for hydroxylation is 1. The van der Waals surface area contributed by atoms with Gasteiger partial charge in [0, 0.05) is 28.9 Å². The van der Waals surface area contributed by atoms with E-state index >= 15 is 0 Å². The standard InChI is InChI=1S/C14H10F2N2O3/c1-8-4-9(2-3-13(8)18(20)21)14(19)17-12-6-10(15)5-11(16)7-12/h2-7H,1H3,(H,17,19). The number of benzene rings is 2. The van der Waals surface area contributed by atoms with E-state index < -0.39 is 22.5 Å². The third-order valence-corrected chi connectivity index (χ3v) is 2.78. The molecule has 0 fully saturated rings. The molecule has 0 aliphatic rings. The Morgan fingerprint density at radius 3 is 2.29 bits per heavy atom. The van der Waals surface area contributed by atoms with Crippen LogP contribution in [0.4, 0.5) is 20.2 Å². The van der Waals surface area contributed by atoms with Crippen LogP contribution in [0.2, 0.25) is 0 Å². The molecule has 2 aromatic rings. The number of anilines is 1. The zero-order chi connectivity index (χ0) is 15.6. The number of hydrogen-bond acceptors (Lipinski definition) is 3. The molecule has 0 saturated carbocycles. The number of rotatable bonds is 3. The molecule has 0 saturated heterocycles. The molecular weight excluding hydrogens is 282 g/mol. The average Bonchev–Trinajstić information content (AvgIpc) is 2.36. The van der Waals surface area contributed by atoms with E-state index in [0.29, 0.717) is 11.6 Å². The topological polar surface area (TPSA) is 72.2 Å². The zero-order valence-corrected chi connectivity index (χ0v) is 10.9. The van der Waals surface area contributed by atoms with Gasteiger partial charge in [0.15, 0.2) is 0 Å². The highest BCUT2D eigenvalue weighted by molar-refractivity contribution is 6.04. The Kier molecular flexibility index (Phi) is 3.93. The number of nitrogens with zero attached hydrogens (tertiary/aromatic N) is 1. The Hall–Kier alpha value is -2.83. The quantitative estimate of drug-likeness (QED) is 0.695. The number of nitrogens with one attached hydrogen (secondary N) is 1. The van der Waals surface area contributed by atoms with Gasteiger partial charge >= 0.3 is 0 Å². The maximum absolute atomic E-state index is 13.0. The largest absolute Gasteiger partial charge is 0.322 e. The van der Waals surface area contributed by atoms with Gasteiger partial charge in [-0.1, -0.05) is 0 Å². The first kappa shape index (κ1) is 14.6. The lowest BCUT2D eigenvalue weighted by atomic mass is 10.1. The summed E-state index contributed by atoms with van der Waals surface area (Å²) in [5.41, 5.74) is 0.331. The van der Waals surface area contributed by atoms with Crippen LogP contribution in [-0.2, 0) is 0 Å². The lowest BCUT2D eigenvalue weighted by Gasteiger charge is -2.06. The lowest BCUT2D eigenvalue weighted by molar-refractivity contribution is -0.385. The van der Waals surface area contributed by atoms with Crippen LogP contribution in [0.5, 0.6) is 0 Å². The van der Waals surface area contributed by atoms with Gasteiger partial charge in [-0.3, -0.25) is 14.9 Å². The Bertz CT molecular complexity index is 712. The molecular formula is C14H10F2N2O3. The van der Waals surface area contributed by atoms with Gasteiger partial charge in [-0.15, -0.1) is 0 Å². The zero-order valence-electron chi connectivity index (χ0n) is 10.9. The fourth-order valence-electron chi connectivity index (χ4n) is 1.83. The maximum Gasteiger partial charge on any atom is 0.272 e. The highest BCUT2D eigenvalue weighted by Gasteiger charge is 2.14. The van der Waals surface area contributed by atoms with Crippen LogP contribution in [0.25, 0.3) is 0 Å². The van der Waals surface area contributed by atoms with Gasteiger partial charge in [0.1, 0.15) is 11.6 Å². The van der Waals surface area contributed by atoms with Crippen LogP contribution < -0.4 is 5.32 Å². The molecule has 0 bridgehead atoms. The molecule has 2 aromatic carbocycles. The van der Waals surface area contributed by atoms with Crippen molar-refractivity contribution in [3.05, 3.63) is 69.3 Å². The molecule has 0 atom stereocenters. The normalized spacial score (nSPS) is 10.2. The number of carbonyl (C=O) groups excluding carboxylic acids is 1. The Morgan fingerprint density at radius 1 is 1.14 bits per heavy atom. The van der Waals surface area contributed by atoms with E-state index in [0.717, 1.165) is 12.1 Å². The molecule has 5 nitrogen and oxygen atoms in total. The minimum absolute atomic E-state index is 0.0338. The fraction of sp³-hybridized carbons (Fsp3) is 0.0714. The second-order valence-corrected chi connectivity index (χ2v) is 4.37. The van der Waals surface area contributed by atoms with Gasteiger partial charge in [0.25, 0.3) is 11.6 Å². The fourth-order valence-corrected chi connectivity index (χ4v) is 1.83. The molecule has 0 aromatic heterocycles. The van der Waals surface area contributed by atoms with Crippen molar-refractivity contribution in [1.29, 1.82) is 0 Å². The van der Waals surface area contributed by atoms with Crippen LogP contribution in [0.3, 0.4) is 0 Å². The predicted molar refractivity (Wildman–Crippen MR) is 72.1 cm³/mol. The van der Waals surface area contributed by atoms with Crippen molar-refractivity contribution in [3.8, 4) is 0 Å². The molecule has 0 aliphatic carbocycles. The minimum atomic E-state index is -0.815. The molecule has 0 unspecified atom stereocenters. The van der Waals surface area contributed by atoms with Crippen molar-refractivity contribution >= 4 is 17.3 Å². The van der Waals surface area contributed by atoms with E-state index in [9.17, 15) is 23.7 Å². The number of halogens is 2. The van der Waals surface area contributed by atoms with E-state index in [-0.39, 0.29) is 16.9 Å². The summed E-state index contributed by atoms with van der Waals surface area (Å²) in [6.07, 6.45) is 0. The van der Waals surface area contributed by atoms with E-state index in [1.807, 2.05) is 0 Å². The van der Waals surface area contributed by atoms with Crippen molar-refractivity contribution in [2.24, 2.45) is 0 Å². The van der Waals surface area contributed by atoms with Gasteiger partial charge in [-0.2, -0.15) is 0 Å². The Labute approximate surface area is 118 Å². The smallest absolute Gasteiger partial charge is 0.272 e. The molecule has 2 rings (SSSR count). The Balaban J connectivity index is 2.24. The van der Waals surface area contributed by atoms with Crippen LogP contribution in [0.15, 0.2) is 36.4 Å². The van der Waals surface area contributed by atoms with Gasteiger partial charge in [0.05, 0.1) is 4.92 Å². The minimum Gasteiger partial charge on any atom is -0.322 e. The third-order valence-electron chi connectivity index (χ3n) is 2.78. The molecule has 0 heterocycles. The molecule has 0 aliphatic heterocycles. The maximum atomic E-state index is 13.0. The molecule has 1 N–H and O–H groups in total. The van der Waals surface area contributed by atoms with E-state index in [2.05, 4.69) is 5.32 Å². The highest BCUT2D eigenvalue weighted by atomic mass is 19.1. The summed E-state index contributed by atoms with van der Waals surface area (Å²) in [4.78, 5) is 22.1.